The molecule has 1 saturated carbocycles. The van der Waals surface area contributed by atoms with Gasteiger partial charge >= 0.3 is 0 Å². The van der Waals surface area contributed by atoms with Crippen LogP contribution >= 0.6 is 0 Å². The predicted octanol–water partition coefficient (Wildman–Crippen LogP) is 3.00. The molecular weight excluding hydrogens is 436 g/mol. The summed E-state index contributed by atoms with van der Waals surface area (Å²) in [5.41, 5.74) is 1.41. The monoisotopic (exact) mass is 470 g/mol. The van der Waals surface area contributed by atoms with Crippen LogP contribution in [0.2, 0.25) is 0 Å². The Hall–Kier alpha value is -2.29. The highest BCUT2D eigenvalue weighted by molar-refractivity contribution is 7.89. The van der Waals surface area contributed by atoms with Gasteiger partial charge in [0.15, 0.2) is 5.03 Å². The molecule has 33 heavy (non-hydrogen) atoms. The second-order valence-electron chi connectivity index (χ2n) is 9.70. The van der Waals surface area contributed by atoms with Crippen molar-refractivity contribution in [3.63, 3.8) is 0 Å². The van der Waals surface area contributed by atoms with Crippen molar-refractivity contribution in [1.29, 1.82) is 0 Å². The van der Waals surface area contributed by atoms with Crippen molar-refractivity contribution in [2.75, 3.05) is 33.7 Å². The van der Waals surface area contributed by atoms with Crippen molar-refractivity contribution in [3.8, 4) is 0 Å². The fraction of sp³-hybridized carbons (Fsp3) is 0.520. The largest absolute Gasteiger partial charge is 0.342 e. The van der Waals surface area contributed by atoms with E-state index in [2.05, 4.69) is 59.0 Å². The lowest BCUT2D eigenvalue weighted by Gasteiger charge is -2.48. The third kappa shape index (κ3) is 4.98. The standard InChI is InChI=1S/C25H34N4O3S/c1-28(2)25(21-9-4-3-5-10-21)14-12-24(13-15-25)19-23(30)29(20-24)18-8-17-27-33(31,32)22-11-6-7-16-26-22/h3-7,9-11,16,27H,8,12-15,17-20H2,1-2H3/t24-,25+. The van der Waals surface area contributed by atoms with E-state index in [4.69, 9.17) is 0 Å². The Labute approximate surface area is 197 Å². The second kappa shape index (κ2) is 9.52. The molecule has 2 heterocycles. The predicted molar refractivity (Wildman–Crippen MR) is 128 cm³/mol. The number of nitrogens with zero attached hydrogens (tertiary/aromatic N) is 3. The summed E-state index contributed by atoms with van der Waals surface area (Å²) in [7, 11) is 0.698. The van der Waals surface area contributed by atoms with Crippen LogP contribution < -0.4 is 4.72 Å². The molecule has 178 valence electrons. The van der Waals surface area contributed by atoms with E-state index in [1.165, 1.54) is 17.8 Å². The molecule has 1 aliphatic carbocycles. The first-order valence-corrected chi connectivity index (χ1v) is 13.2. The molecule has 0 radical (unpaired) electrons. The van der Waals surface area contributed by atoms with Gasteiger partial charge in [-0.2, -0.15) is 0 Å². The summed E-state index contributed by atoms with van der Waals surface area (Å²) in [5, 5.41) is 0.0196. The highest BCUT2D eigenvalue weighted by atomic mass is 32.2. The van der Waals surface area contributed by atoms with Crippen molar-refractivity contribution in [2.24, 2.45) is 5.41 Å². The van der Waals surface area contributed by atoms with Gasteiger partial charge in [-0.25, -0.2) is 18.1 Å². The maximum absolute atomic E-state index is 12.8. The first-order valence-electron chi connectivity index (χ1n) is 11.7. The third-order valence-electron chi connectivity index (χ3n) is 7.52. The first kappa shape index (κ1) is 23.9. The lowest BCUT2D eigenvalue weighted by atomic mass is 9.64. The molecule has 1 aromatic carbocycles. The zero-order valence-electron chi connectivity index (χ0n) is 19.5. The van der Waals surface area contributed by atoms with Crippen LogP contribution in [0.5, 0.6) is 0 Å². The molecule has 0 unspecified atom stereocenters. The van der Waals surface area contributed by atoms with Crippen LogP contribution in [0.15, 0.2) is 59.8 Å². The van der Waals surface area contributed by atoms with Gasteiger partial charge < -0.3 is 4.90 Å². The molecular formula is C25H34N4O3S. The zero-order chi connectivity index (χ0) is 23.5. The van der Waals surface area contributed by atoms with Crippen LogP contribution in [0, 0.1) is 5.41 Å². The maximum Gasteiger partial charge on any atom is 0.258 e. The van der Waals surface area contributed by atoms with Gasteiger partial charge in [-0.1, -0.05) is 36.4 Å². The fourth-order valence-electron chi connectivity index (χ4n) is 5.51. The lowest BCUT2D eigenvalue weighted by molar-refractivity contribution is -0.127. The normalized spacial score (nSPS) is 25.8. The van der Waals surface area contributed by atoms with Gasteiger partial charge in [-0.05, 0) is 69.3 Å². The van der Waals surface area contributed by atoms with E-state index in [0.717, 1.165) is 32.2 Å². The van der Waals surface area contributed by atoms with Crippen LogP contribution in [-0.2, 0) is 20.4 Å². The SMILES string of the molecule is CN(C)[C@]1(c2ccccc2)CC[C@]2(CC1)CC(=O)N(CCCNS(=O)(=O)c1ccccn1)C2. The van der Waals surface area contributed by atoms with Gasteiger partial charge in [0.05, 0.1) is 0 Å². The van der Waals surface area contributed by atoms with Crippen molar-refractivity contribution >= 4 is 15.9 Å². The molecule has 1 aliphatic heterocycles. The fourth-order valence-corrected chi connectivity index (χ4v) is 6.53. The number of rotatable bonds is 8. The average molecular weight is 471 g/mol. The zero-order valence-corrected chi connectivity index (χ0v) is 20.4. The minimum Gasteiger partial charge on any atom is -0.342 e. The molecule has 1 N–H and O–H groups in total. The Morgan fingerprint density at radius 1 is 1.03 bits per heavy atom. The lowest BCUT2D eigenvalue weighted by Crippen LogP contribution is -2.47. The Morgan fingerprint density at radius 2 is 1.73 bits per heavy atom. The van der Waals surface area contributed by atoms with E-state index in [1.54, 1.807) is 12.1 Å². The number of carbonyl (C=O) groups is 1. The van der Waals surface area contributed by atoms with Gasteiger partial charge in [0, 0.05) is 37.8 Å². The molecule has 0 bridgehead atoms. The van der Waals surface area contributed by atoms with Crippen LogP contribution in [0.25, 0.3) is 0 Å². The van der Waals surface area contributed by atoms with Crippen molar-refractivity contribution < 1.29 is 13.2 Å². The minimum atomic E-state index is -3.61. The number of sulfonamides is 1. The third-order valence-corrected chi connectivity index (χ3v) is 8.90. The van der Waals surface area contributed by atoms with Crippen LogP contribution in [0.3, 0.4) is 0 Å². The molecule has 0 atom stereocenters. The number of hydrogen-bond donors (Lipinski definition) is 1. The van der Waals surface area contributed by atoms with E-state index >= 15 is 0 Å². The Balaban J connectivity index is 1.31. The molecule has 1 amide bonds. The van der Waals surface area contributed by atoms with Gasteiger partial charge in [0.2, 0.25) is 5.91 Å². The topological polar surface area (TPSA) is 82.6 Å². The summed E-state index contributed by atoms with van der Waals surface area (Å²) in [4.78, 5) is 21.0. The van der Waals surface area contributed by atoms with Gasteiger partial charge in [-0.3, -0.25) is 9.69 Å². The quantitative estimate of drug-likeness (QED) is 0.600. The first-order chi connectivity index (χ1) is 15.8. The molecule has 2 fully saturated rings. The Morgan fingerprint density at radius 3 is 2.36 bits per heavy atom. The molecule has 2 aliphatic rings. The van der Waals surface area contributed by atoms with Gasteiger partial charge in [-0.15, -0.1) is 0 Å². The van der Waals surface area contributed by atoms with Crippen LogP contribution in [0.4, 0.5) is 0 Å². The molecule has 1 saturated heterocycles. The Kier molecular flexibility index (Phi) is 6.88. The van der Waals surface area contributed by atoms with E-state index in [0.29, 0.717) is 19.4 Å². The van der Waals surface area contributed by atoms with Crippen molar-refractivity contribution in [3.05, 3.63) is 60.3 Å². The Bertz CT molecular complexity index is 1050. The smallest absolute Gasteiger partial charge is 0.258 e. The number of hydrogen-bond acceptors (Lipinski definition) is 5. The molecule has 4 rings (SSSR count). The highest BCUT2D eigenvalue weighted by Gasteiger charge is 2.49. The maximum atomic E-state index is 12.8. The summed E-state index contributed by atoms with van der Waals surface area (Å²) in [6.45, 7) is 1.63. The highest BCUT2D eigenvalue weighted by Crippen LogP contribution is 2.52. The summed E-state index contributed by atoms with van der Waals surface area (Å²) in [6.07, 6.45) is 6.77. The van der Waals surface area contributed by atoms with Crippen molar-refractivity contribution in [1.82, 2.24) is 19.5 Å². The average Bonchev–Trinajstić information content (AvgIpc) is 3.13. The van der Waals surface area contributed by atoms with Gasteiger partial charge in [0.25, 0.3) is 10.0 Å². The molecule has 7 nitrogen and oxygen atoms in total. The molecule has 8 heteroatoms. The van der Waals surface area contributed by atoms with E-state index < -0.39 is 10.0 Å². The second-order valence-corrected chi connectivity index (χ2v) is 11.4. The van der Waals surface area contributed by atoms with Crippen molar-refractivity contribution in [2.45, 2.75) is 49.1 Å². The molecule has 1 aromatic heterocycles. The number of carbonyl (C=O) groups excluding carboxylic acids is 1. The number of aromatic nitrogens is 1. The molecule has 1 spiro atoms. The van der Waals surface area contributed by atoms with Crippen LogP contribution in [-0.4, -0.2) is 62.8 Å². The van der Waals surface area contributed by atoms with Gasteiger partial charge in [0.1, 0.15) is 0 Å². The number of nitrogens with one attached hydrogen (secondary N) is 1. The summed E-state index contributed by atoms with van der Waals surface area (Å²) in [6, 6.07) is 15.5. The number of likely N-dealkylation sites (tertiary alicyclic amines) is 1. The summed E-state index contributed by atoms with van der Waals surface area (Å²) < 4.78 is 27.2. The summed E-state index contributed by atoms with van der Waals surface area (Å²) >= 11 is 0. The molecule has 2 aromatic rings. The summed E-state index contributed by atoms with van der Waals surface area (Å²) in [5.74, 6) is 0.194. The van der Waals surface area contributed by atoms with Crippen LogP contribution in [0.1, 0.15) is 44.1 Å². The van der Waals surface area contributed by atoms with E-state index in [-0.39, 0.29) is 28.4 Å². The minimum absolute atomic E-state index is 0.0196. The number of pyridine rings is 1. The van der Waals surface area contributed by atoms with E-state index in [1.807, 2.05) is 4.90 Å². The number of benzene rings is 1. The van der Waals surface area contributed by atoms with E-state index in [9.17, 15) is 13.2 Å². The number of amides is 1.